The summed E-state index contributed by atoms with van der Waals surface area (Å²) in [6, 6.07) is 0. The first-order valence-electron chi connectivity index (χ1n) is 14.6. The number of aliphatic hydroxyl groups excluding tert-OH is 8. The Morgan fingerprint density at radius 2 is 1.09 bits per heavy atom. The summed E-state index contributed by atoms with van der Waals surface area (Å²) >= 11 is 0. The van der Waals surface area contributed by atoms with E-state index in [4.69, 9.17) is 37.9 Å². The molecule has 2 rings (SSSR count). The zero-order chi connectivity index (χ0) is 32.6. The van der Waals surface area contributed by atoms with Gasteiger partial charge < -0.3 is 78.7 Å². The standard InChI is InChI=1S/C27H52O16/c1-11(2)36-8-15-19(30)21(32)23(34)26(41-15)38-10-17(28)43-25(18(29)14(7)39-12(3)4)37-9-16-20(31)22(33)24(35)27(42-16)40-13(5)6/h11-35H,8-10H2,1-7H3. The second-order valence-electron chi connectivity index (χ2n) is 11.6. The van der Waals surface area contributed by atoms with Crippen molar-refractivity contribution in [1.29, 1.82) is 0 Å². The minimum absolute atomic E-state index is 0.0960. The van der Waals surface area contributed by atoms with Crippen LogP contribution in [0.25, 0.3) is 0 Å². The lowest BCUT2D eigenvalue weighted by Gasteiger charge is -2.41. The first-order chi connectivity index (χ1) is 20.0. The van der Waals surface area contributed by atoms with Gasteiger partial charge in [-0.05, 0) is 48.5 Å². The van der Waals surface area contributed by atoms with Gasteiger partial charge in [0.1, 0.15) is 61.5 Å². The Labute approximate surface area is 251 Å². The summed E-state index contributed by atoms with van der Waals surface area (Å²) in [4.78, 5) is 0. The monoisotopic (exact) mass is 632 g/mol. The Morgan fingerprint density at radius 3 is 1.60 bits per heavy atom. The summed E-state index contributed by atoms with van der Waals surface area (Å²) in [6.07, 6.45) is -21.0. The first kappa shape index (κ1) is 38.5. The number of hydrogen-bond donors (Lipinski definition) is 8. The highest BCUT2D eigenvalue weighted by molar-refractivity contribution is 4.90. The van der Waals surface area contributed by atoms with Gasteiger partial charge in [-0.2, -0.15) is 0 Å². The molecule has 2 fully saturated rings. The van der Waals surface area contributed by atoms with E-state index >= 15 is 0 Å². The predicted octanol–water partition coefficient (Wildman–Crippen LogP) is -2.68. The third kappa shape index (κ3) is 11.6. The van der Waals surface area contributed by atoms with E-state index in [-0.39, 0.29) is 24.9 Å². The maximum absolute atomic E-state index is 10.9. The van der Waals surface area contributed by atoms with Crippen molar-refractivity contribution >= 4 is 0 Å². The van der Waals surface area contributed by atoms with Gasteiger partial charge in [0.15, 0.2) is 25.2 Å². The molecular formula is C27H52O16. The molecule has 16 heteroatoms. The lowest BCUT2D eigenvalue weighted by Crippen LogP contribution is -2.60. The van der Waals surface area contributed by atoms with E-state index in [0.717, 1.165) is 0 Å². The van der Waals surface area contributed by atoms with Gasteiger partial charge in [0.05, 0.1) is 37.6 Å². The quantitative estimate of drug-likeness (QED) is 0.0763. The fraction of sp³-hybridized carbons (Fsp3) is 1.00. The number of hydrogen-bond acceptors (Lipinski definition) is 16. The molecule has 0 aromatic rings. The maximum Gasteiger partial charge on any atom is 0.189 e. The van der Waals surface area contributed by atoms with Crippen molar-refractivity contribution in [3.8, 4) is 0 Å². The molecule has 2 aliphatic rings. The van der Waals surface area contributed by atoms with E-state index in [1.165, 1.54) is 0 Å². The molecule has 2 aliphatic heterocycles. The van der Waals surface area contributed by atoms with E-state index < -0.39 is 99.4 Å². The molecule has 0 spiro atoms. The van der Waals surface area contributed by atoms with Crippen LogP contribution in [0.15, 0.2) is 0 Å². The molecule has 256 valence electrons. The van der Waals surface area contributed by atoms with Gasteiger partial charge in [-0.1, -0.05) is 0 Å². The average Bonchev–Trinajstić information content (AvgIpc) is 2.92. The van der Waals surface area contributed by atoms with E-state index in [9.17, 15) is 40.9 Å². The van der Waals surface area contributed by atoms with Crippen LogP contribution in [0.4, 0.5) is 0 Å². The summed E-state index contributed by atoms with van der Waals surface area (Å²) < 4.78 is 44.2. The van der Waals surface area contributed by atoms with Crippen molar-refractivity contribution in [3.63, 3.8) is 0 Å². The zero-order valence-corrected chi connectivity index (χ0v) is 25.8. The van der Waals surface area contributed by atoms with Crippen molar-refractivity contribution in [2.24, 2.45) is 0 Å². The molecule has 0 amide bonds. The van der Waals surface area contributed by atoms with Crippen LogP contribution < -0.4 is 0 Å². The molecule has 0 bridgehead atoms. The maximum atomic E-state index is 10.9. The molecule has 0 aliphatic carbocycles. The van der Waals surface area contributed by atoms with Crippen molar-refractivity contribution in [3.05, 3.63) is 0 Å². The van der Waals surface area contributed by atoms with Crippen LogP contribution in [0.2, 0.25) is 0 Å². The predicted molar refractivity (Wildman–Crippen MR) is 145 cm³/mol. The fourth-order valence-electron chi connectivity index (χ4n) is 4.42. The molecule has 8 N–H and O–H groups in total. The minimum atomic E-state index is -1.78. The Bertz CT molecular complexity index is 773. The van der Waals surface area contributed by atoms with E-state index in [1.807, 2.05) is 0 Å². The molecule has 43 heavy (non-hydrogen) atoms. The molecule has 2 heterocycles. The second-order valence-corrected chi connectivity index (χ2v) is 11.6. The van der Waals surface area contributed by atoms with Crippen LogP contribution in [0.1, 0.15) is 48.5 Å². The third-order valence-corrected chi connectivity index (χ3v) is 6.70. The van der Waals surface area contributed by atoms with Crippen LogP contribution in [0.3, 0.4) is 0 Å². The van der Waals surface area contributed by atoms with Crippen LogP contribution >= 0.6 is 0 Å². The van der Waals surface area contributed by atoms with Gasteiger partial charge in [-0.25, -0.2) is 0 Å². The molecule has 0 aromatic carbocycles. The van der Waals surface area contributed by atoms with Gasteiger partial charge in [-0.15, -0.1) is 0 Å². The normalized spacial score (nSPS) is 36.7. The lowest BCUT2D eigenvalue weighted by molar-refractivity contribution is -0.339. The molecule has 0 saturated carbocycles. The Morgan fingerprint density at radius 1 is 0.581 bits per heavy atom. The number of rotatable bonds is 17. The van der Waals surface area contributed by atoms with Crippen molar-refractivity contribution in [1.82, 2.24) is 0 Å². The Hall–Kier alpha value is -0.640. The molecule has 14 unspecified atom stereocenters. The van der Waals surface area contributed by atoms with Gasteiger partial charge in [0.2, 0.25) is 0 Å². The fourth-order valence-corrected chi connectivity index (χ4v) is 4.42. The summed E-state index contributed by atoms with van der Waals surface area (Å²) in [7, 11) is 0. The van der Waals surface area contributed by atoms with Gasteiger partial charge in [0.25, 0.3) is 0 Å². The topological polar surface area (TPSA) is 236 Å². The zero-order valence-electron chi connectivity index (χ0n) is 25.8. The molecule has 0 radical (unpaired) electrons. The minimum Gasteiger partial charge on any atom is -0.387 e. The van der Waals surface area contributed by atoms with Crippen molar-refractivity contribution in [2.75, 3.05) is 19.8 Å². The molecular weight excluding hydrogens is 580 g/mol. The van der Waals surface area contributed by atoms with Crippen LogP contribution in [-0.2, 0) is 37.9 Å². The summed E-state index contributed by atoms with van der Waals surface area (Å²) in [6.45, 7) is 10.8. The van der Waals surface area contributed by atoms with Crippen LogP contribution in [0, 0.1) is 0 Å². The lowest BCUT2D eigenvalue weighted by atomic mass is 9.99. The van der Waals surface area contributed by atoms with Gasteiger partial charge >= 0.3 is 0 Å². The Kier molecular flexibility index (Phi) is 16.0. The SMILES string of the molecule is CC(C)OCC1OC(OCC(O)OC(OCC2OC(OC(C)C)C(O)C(O)C2O)C(O)C(C)OC(C)C)C(O)C(O)C1O. The highest BCUT2D eigenvalue weighted by Crippen LogP contribution is 2.26. The second kappa shape index (κ2) is 17.9. The molecule has 2 saturated heterocycles. The van der Waals surface area contributed by atoms with Crippen molar-refractivity contribution < 1.29 is 78.7 Å². The summed E-state index contributed by atoms with van der Waals surface area (Å²) in [5.74, 6) is 0. The van der Waals surface area contributed by atoms with E-state index in [0.29, 0.717) is 0 Å². The summed E-state index contributed by atoms with van der Waals surface area (Å²) in [5.41, 5.74) is 0. The number of ether oxygens (including phenoxy) is 8. The molecule has 0 aromatic heterocycles. The molecule has 14 atom stereocenters. The largest absolute Gasteiger partial charge is 0.387 e. The first-order valence-corrected chi connectivity index (χ1v) is 14.6. The van der Waals surface area contributed by atoms with E-state index in [2.05, 4.69) is 0 Å². The Balaban J connectivity index is 2.07. The molecule has 16 nitrogen and oxygen atoms in total. The number of aliphatic hydroxyl groups is 8. The average molecular weight is 633 g/mol. The van der Waals surface area contributed by atoms with Crippen LogP contribution in [0.5, 0.6) is 0 Å². The van der Waals surface area contributed by atoms with Gasteiger partial charge in [-0.3, -0.25) is 0 Å². The highest BCUT2D eigenvalue weighted by atomic mass is 16.8. The smallest absolute Gasteiger partial charge is 0.189 e. The third-order valence-electron chi connectivity index (χ3n) is 6.70. The van der Waals surface area contributed by atoms with Crippen molar-refractivity contribution in [2.45, 2.75) is 153 Å². The van der Waals surface area contributed by atoms with Crippen LogP contribution in [-0.4, -0.2) is 165 Å². The summed E-state index contributed by atoms with van der Waals surface area (Å²) in [5, 5.41) is 83.2. The highest BCUT2D eigenvalue weighted by Gasteiger charge is 2.46. The van der Waals surface area contributed by atoms with Gasteiger partial charge in [0, 0.05) is 0 Å². The van der Waals surface area contributed by atoms with E-state index in [1.54, 1.807) is 48.5 Å².